The number of hydrogen-bond acceptors (Lipinski definition) is 12. The number of carbonyl (C=O) groups is 5. The van der Waals surface area contributed by atoms with Crippen molar-refractivity contribution < 1.29 is 43.3 Å². The number of methoxy groups -OCH3 is 2. The summed E-state index contributed by atoms with van der Waals surface area (Å²) >= 11 is 0. The predicted octanol–water partition coefficient (Wildman–Crippen LogP) is 3.41. The first-order valence-corrected chi connectivity index (χ1v) is 15.0. The molecule has 1 amide bonds. The second-order valence-corrected chi connectivity index (χ2v) is 11.9. The van der Waals surface area contributed by atoms with Crippen molar-refractivity contribution >= 4 is 41.1 Å². The molecule has 1 aromatic carbocycles. The topological polar surface area (TPSA) is 206 Å². The average molecular weight is 672 g/mol. The molecule has 0 radical (unpaired) electrons. The van der Waals surface area contributed by atoms with Gasteiger partial charge >= 0.3 is 23.9 Å². The number of nitrogens with one attached hydrogen (secondary N) is 1. The van der Waals surface area contributed by atoms with Crippen LogP contribution in [0.5, 0.6) is 0 Å². The van der Waals surface area contributed by atoms with Crippen molar-refractivity contribution in [2.24, 2.45) is 0 Å². The molecule has 0 bridgehead atoms. The third kappa shape index (κ3) is 7.07. The summed E-state index contributed by atoms with van der Waals surface area (Å²) in [5.74, 6) is -3.26. The Balaban J connectivity index is 0.000000244. The summed E-state index contributed by atoms with van der Waals surface area (Å²) in [6.07, 6.45) is 4.32. The van der Waals surface area contributed by atoms with Crippen LogP contribution in [-0.2, 0) is 20.6 Å². The number of ether oxygens (including phenoxy) is 3. The largest absolute Gasteiger partial charge is 0.477 e. The summed E-state index contributed by atoms with van der Waals surface area (Å²) in [7, 11) is 2.46. The Morgan fingerprint density at radius 2 is 1.39 bits per heavy atom. The van der Waals surface area contributed by atoms with Gasteiger partial charge in [-0.3, -0.25) is 4.79 Å². The van der Waals surface area contributed by atoms with E-state index in [9.17, 15) is 24.0 Å². The molecule has 4 heterocycles. The van der Waals surface area contributed by atoms with Crippen molar-refractivity contribution in [1.29, 1.82) is 0 Å². The molecular formula is C33H33N7O9. The lowest BCUT2D eigenvalue weighted by Gasteiger charge is -2.21. The van der Waals surface area contributed by atoms with Gasteiger partial charge in [0.15, 0.2) is 28.4 Å². The highest BCUT2D eigenvalue weighted by molar-refractivity contribution is 5.97. The van der Waals surface area contributed by atoms with E-state index in [0.717, 1.165) is 33.7 Å². The Labute approximate surface area is 279 Å². The number of hydrogen-bond donors (Lipinski definition) is 2. The van der Waals surface area contributed by atoms with Gasteiger partial charge in [-0.15, -0.1) is 0 Å². The van der Waals surface area contributed by atoms with Crippen LogP contribution in [0.1, 0.15) is 102 Å². The summed E-state index contributed by atoms with van der Waals surface area (Å²) in [5.41, 5.74) is 3.47. The zero-order chi connectivity index (χ0) is 35.6. The van der Waals surface area contributed by atoms with Crippen LogP contribution < -0.4 is 5.32 Å². The number of rotatable bonds is 6. The van der Waals surface area contributed by atoms with Crippen molar-refractivity contribution in [3.63, 3.8) is 0 Å². The minimum absolute atomic E-state index is 0.0281. The van der Waals surface area contributed by atoms with Crippen LogP contribution in [0.3, 0.4) is 0 Å². The zero-order valence-corrected chi connectivity index (χ0v) is 27.5. The summed E-state index contributed by atoms with van der Waals surface area (Å²) in [4.78, 5) is 68.0. The first-order chi connectivity index (χ1) is 23.2. The summed E-state index contributed by atoms with van der Waals surface area (Å²) < 4.78 is 17.3. The van der Waals surface area contributed by atoms with Gasteiger partial charge in [0, 0.05) is 24.3 Å². The van der Waals surface area contributed by atoms with E-state index in [1.807, 2.05) is 33.8 Å². The molecular weight excluding hydrogens is 638 g/mol. The van der Waals surface area contributed by atoms with E-state index in [0.29, 0.717) is 17.6 Å². The number of aromatic nitrogens is 6. The molecule has 0 fully saturated rings. The predicted molar refractivity (Wildman–Crippen MR) is 170 cm³/mol. The molecule has 1 aliphatic rings. The smallest absolute Gasteiger partial charge is 0.356 e. The average Bonchev–Trinajstić information content (AvgIpc) is 3.83. The van der Waals surface area contributed by atoms with Crippen LogP contribution in [-0.4, -0.2) is 83.9 Å². The Kier molecular flexibility index (Phi) is 9.41. The molecule has 0 saturated carbocycles. The quantitative estimate of drug-likeness (QED) is 0.196. The normalized spacial score (nSPS) is 13.6. The zero-order valence-electron chi connectivity index (χ0n) is 27.5. The molecule has 1 aliphatic carbocycles. The molecule has 16 heteroatoms. The Morgan fingerprint density at radius 1 is 0.837 bits per heavy atom. The van der Waals surface area contributed by atoms with Crippen LogP contribution in [0.15, 0.2) is 48.8 Å². The molecule has 49 heavy (non-hydrogen) atoms. The second-order valence-electron chi connectivity index (χ2n) is 11.9. The number of carboxylic acid groups (broad SMARTS) is 1. The van der Waals surface area contributed by atoms with Gasteiger partial charge in [-0.25, -0.2) is 38.2 Å². The standard InChI is InChI=1S/C24H26N4O5.C9H7N3O4/c1-13-14-8-9-17(16(14)7-6-15(13)22(30)33-24(2,3)4)27-21(29)19-12-18(23(31)32-5)26-20-10-11-25-28(19)20;1-16-9(15)5-4-6(8(13)14)12-7(11-5)2-3-10-12/h6-7,10-12,17H,8-9H2,1-5H3,(H,27,29);2-4H,1H3,(H,13,14)/t17-;/m0./s1. The number of aromatic carboxylic acids is 1. The van der Waals surface area contributed by atoms with Gasteiger partial charge < -0.3 is 24.6 Å². The minimum atomic E-state index is -1.19. The van der Waals surface area contributed by atoms with Gasteiger partial charge in [0.1, 0.15) is 11.3 Å². The van der Waals surface area contributed by atoms with Crippen molar-refractivity contribution in [2.45, 2.75) is 52.2 Å². The number of carboxylic acids is 1. The van der Waals surface area contributed by atoms with E-state index in [4.69, 9.17) is 14.6 Å². The van der Waals surface area contributed by atoms with Gasteiger partial charge in [-0.05, 0) is 63.3 Å². The molecule has 0 saturated heterocycles. The maximum Gasteiger partial charge on any atom is 0.356 e. The lowest BCUT2D eigenvalue weighted by molar-refractivity contribution is 0.00678. The van der Waals surface area contributed by atoms with Gasteiger partial charge in [0.25, 0.3) is 5.91 Å². The van der Waals surface area contributed by atoms with E-state index in [2.05, 4.69) is 30.2 Å². The van der Waals surface area contributed by atoms with E-state index >= 15 is 0 Å². The number of amides is 1. The molecule has 16 nitrogen and oxygen atoms in total. The third-order valence-corrected chi connectivity index (χ3v) is 7.58. The van der Waals surface area contributed by atoms with E-state index in [1.54, 1.807) is 12.1 Å². The van der Waals surface area contributed by atoms with E-state index < -0.39 is 23.5 Å². The lowest BCUT2D eigenvalue weighted by Crippen LogP contribution is -2.29. The fourth-order valence-corrected chi connectivity index (χ4v) is 5.37. The van der Waals surface area contributed by atoms with Gasteiger partial charge in [-0.1, -0.05) is 6.07 Å². The molecule has 6 rings (SSSR count). The third-order valence-electron chi connectivity index (χ3n) is 7.58. The molecule has 0 unspecified atom stereocenters. The van der Waals surface area contributed by atoms with Crippen molar-refractivity contribution in [1.82, 2.24) is 34.5 Å². The lowest BCUT2D eigenvalue weighted by atomic mass is 9.97. The number of nitrogens with zero attached hydrogens (tertiary/aromatic N) is 6. The molecule has 5 aromatic rings. The number of esters is 3. The SMILES string of the molecule is COC(=O)c1cc(C(=O)N[C@H]2CCc3c2ccc(C(=O)OC(C)(C)C)c3C)n2nccc2n1.COC(=O)c1cc(C(=O)O)n2nccc2n1. The molecule has 4 aromatic heterocycles. The molecule has 1 atom stereocenters. The van der Waals surface area contributed by atoms with Crippen molar-refractivity contribution in [2.75, 3.05) is 14.2 Å². The van der Waals surface area contributed by atoms with Gasteiger partial charge in [-0.2, -0.15) is 10.2 Å². The maximum absolute atomic E-state index is 13.2. The van der Waals surface area contributed by atoms with E-state index in [-0.39, 0.29) is 46.3 Å². The number of benzene rings is 1. The Morgan fingerprint density at radius 3 is 1.92 bits per heavy atom. The summed E-state index contributed by atoms with van der Waals surface area (Å²) in [6.45, 7) is 7.41. The second kappa shape index (κ2) is 13.5. The number of fused-ring (bicyclic) bond motifs is 3. The van der Waals surface area contributed by atoms with Crippen LogP contribution >= 0.6 is 0 Å². The first-order valence-electron chi connectivity index (χ1n) is 15.0. The summed E-state index contributed by atoms with van der Waals surface area (Å²) in [5, 5.41) is 19.9. The fraction of sp³-hybridized carbons (Fsp3) is 0.303. The Hall–Kier alpha value is -6.19. The monoisotopic (exact) mass is 671 g/mol. The van der Waals surface area contributed by atoms with Crippen molar-refractivity contribution in [3.05, 3.63) is 93.8 Å². The summed E-state index contributed by atoms with van der Waals surface area (Å²) in [6, 6.07) is 8.98. The highest BCUT2D eigenvalue weighted by atomic mass is 16.6. The fourth-order valence-electron chi connectivity index (χ4n) is 5.37. The maximum atomic E-state index is 13.2. The van der Waals surface area contributed by atoms with Crippen molar-refractivity contribution in [3.8, 4) is 0 Å². The van der Waals surface area contributed by atoms with Gasteiger partial charge in [0.2, 0.25) is 0 Å². The first kappa shape index (κ1) is 34.2. The van der Waals surface area contributed by atoms with Crippen LogP contribution in [0, 0.1) is 6.92 Å². The molecule has 254 valence electrons. The van der Waals surface area contributed by atoms with Crippen LogP contribution in [0.25, 0.3) is 11.3 Å². The molecule has 0 aliphatic heterocycles. The molecule has 2 N–H and O–H groups in total. The molecule has 0 spiro atoms. The van der Waals surface area contributed by atoms with E-state index in [1.165, 1.54) is 43.3 Å². The van der Waals surface area contributed by atoms with Crippen LogP contribution in [0.2, 0.25) is 0 Å². The minimum Gasteiger partial charge on any atom is -0.477 e. The van der Waals surface area contributed by atoms with Gasteiger partial charge in [0.05, 0.1) is 38.2 Å². The Bertz CT molecular complexity index is 2130. The van der Waals surface area contributed by atoms with Crippen LogP contribution in [0.4, 0.5) is 0 Å². The highest BCUT2D eigenvalue weighted by Gasteiger charge is 2.30. The highest BCUT2D eigenvalue weighted by Crippen LogP contribution is 2.35. The number of carbonyl (C=O) groups excluding carboxylic acids is 4.